The molecule has 0 aliphatic carbocycles. The van der Waals surface area contributed by atoms with Crippen molar-refractivity contribution < 1.29 is 9.90 Å². The minimum atomic E-state index is -0.995. The Hall–Kier alpha value is -1.71. The molecule has 0 aliphatic rings. The third kappa shape index (κ3) is 4.16. The average molecular weight is 264 g/mol. The van der Waals surface area contributed by atoms with Crippen molar-refractivity contribution in [2.24, 2.45) is 17.8 Å². The fraction of sp³-hybridized carbons (Fsp3) is 0.533. The van der Waals surface area contributed by atoms with Crippen LogP contribution in [0.3, 0.4) is 0 Å². The lowest BCUT2D eigenvalue weighted by Gasteiger charge is -2.25. The first-order valence-electron chi connectivity index (χ1n) is 6.69. The summed E-state index contributed by atoms with van der Waals surface area (Å²) in [4.78, 5) is 11.0. The predicted molar refractivity (Wildman–Crippen MR) is 79.5 cm³/mol. The predicted octanol–water partition coefficient (Wildman–Crippen LogP) is 3.31. The van der Waals surface area contributed by atoms with Crippen molar-refractivity contribution in [1.29, 1.82) is 0 Å². The maximum Gasteiger partial charge on any atom is 0.337 e. The maximum atomic E-state index is 11.0. The molecule has 106 valence electrons. The number of hydrogen-bond donors (Lipinski definition) is 3. The van der Waals surface area contributed by atoms with Crippen LogP contribution in [0, 0.1) is 17.8 Å². The lowest BCUT2D eigenvalue weighted by Crippen LogP contribution is -2.24. The molecule has 0 atom stereocenters. The van der Waals surface area contributed by atoms with Gasteiger partial charge >= 0.3 is 5.97 Å². The molecule has 0 fully saturated rings. The summed E-state index contributed by atoms with van der Waals surface area (Å²) in [6.07, 6.45) is 0. The number of rotatable bonds is 6. The van der Waals surface area contributed by atoms with Crippen molar-refractivity contribution in [3.63, 3.8) is 0 Å². The summed E-state index contributed by atoms with van der Waals surface area (Å²) in [6.45, 7) is 9.66. The maximum absolute atomic E-state index is 11.0. The average Bonchev–Trinajstić information content (AvgIpc) is 2.30. The summed E-state index contributed by atoms with van der Waals surface area (Å²) in [5, 5.41) is 12.3. The molecule has 4 heteroatoms. The Kier molecular flexibility index (Phi) is 5.21. The largest absolute Gasteiger partial charge is 0.478 e. The Bertz CT molecular complexity index is 434. The Balaban J connectivity index is 2.78. The Labute approximate surface area is 115 Å². The highest BCUT2D eigenvalue weighted by atomic mass is 16.4. The van der Waals surface area contributed by atoms with Gasteiger partial charge in [0.2, 0.25) is 0 Å². The Morgan fingerprint density at radius 3 is 2.32 bits per heavy atom. The molecule has 4 N–H and O–H groups in total. The summed E-state index contributed by atoms with van der Waals surface area (Å²) in [7, 11) is 0. The van der Waals surface area contributed by atoms with Gasteiger partial charge in [-0.3, -0.25) is 0 Å². The smallest absolute Gasteiger partial charge is 0.337 e. The van der Waals surface area contributed by atoms with Crippen LogP contribution >= 0.6 is 0 Å². The fourth-order valence-corrected chi connectivity index (χ4v) is 2.33. The molecule has 0 spiro atoms. The van der Waals surface area contributed by atoms with E-state index >= 15 is 0 Å². The lowest BCUT2D eigenvalue weighted by atomic mass is 9.85. The van der Waals surface area contributed by atoms with E-state index in [1.165, 1.54) is 0 Å². The van der Waals surface area contributed by atoms with Gasteiger partial charge in [0.05, 0.1) is 5.56 Å². The van der Waals surface area contributed by atoms with Gasteiger partial charge in [0.1, 0.15) is 0 Å². The molecule has 0 saturated heterocycles. The summed E-state index contributed by atoms with van der Waals surface area (Å²) in [5.41, 5.74) is 6.88. The van der Waals surface area contributed by atoms with Crippen LogP contribution in [0.2, 0.25) is 0 Å². The summed E-state index contributed by atoms with van der Waals surface area (Å²) in [6, 6.07) is 5.04. The van der Waals surface area contributed by atoms with Crippen molar-refractivity contribution >= 4 is 17.3 Å². The third-order valence-electron chi connectivity index (χ3n) is 3.54. The van der Waals surface area contributed by atoms with Crippen LogP contribution in [0.15, 0.2) is 18.2 Å². The van der Waals surface area contributed by atoms with E-state index in [1.807, 2.05) is 6.07 Å². The van der Waals surface area contributed by atoms with E-state index in [0.717, 1.165) is 12.2 Å². The van der Waals surface area contributed by atoms with Crippen LogP contribution in [0.4, 0.5) is 11.4 Å². The quantitative estimate of drug-likeness (QED) is 0.689. The Morgan fingerprint density at radius 1 is 1.26 bits per heavy atom. The molecule has 1 aromatic rings. The SMILES string of the molecule is CC(C)C(CNc1ccc(N)c(C(=O)O)c1)C(C)C. The van der Waals surface area contributed by atoms with Gasteiger partial charge in [0.25, 0.3) is 0 Å². The first-order chi connectivity index (χ1) is 8.82. The summed E-state index contributed by atoms with van der Waals surface area (Å²) < 4.78 is 0. The first kappa shape index (κ1) is 15.3. The molecule has 0 heterocycles. The number of anilines is 2. The number of benzene rings is 1. The molecule has 0 saturated carbocycles. The van der Waals surface area contributed by atoms with E-state index in [9.17, 15) is 4.79 Å². The van der Waals surface area contributed by atoms with E-state index in [1.54, 1.807) is 12.1 Å². The van der Waals surface area contributed by atoms with Crippen molar-refractivity contribution in [3.8, 4) is 0 Å². The number of nitrogens with one attached hydrogen (secondary N) is 1. The minimum Gasteiger partial charge on any atom is -0.478 e. The molecule has 0 unspecified atom stereocenters. The minimum absolute atomic E-state index is 0.149. The van der Waals surface area contributed by atoms with Gasteiger partial charge in [-0.1, -0.05) is 27.7 Å². The van der Waals surface area contributed by atoms with Crippen LogP contribution in [-0.2, 0) is 0 Å². The van der Waals surface area contributed by atoms with E-state index in [-0.39, 0.29) is 5.56 Å². The molecule has 0 aliphatic heterocycles. The van der Waals surface area contributed by atoms with Gasteiger partial charge in [0.15, 0.2) is 0 Å². The molecule has 0 aromatic heterocycles. The zero-order chi connectivity index (χ0) is 14.6. The van der Waals surface area contributed by atoms with Gasteiger partial charge < -0.3 is 16.2 Å². The van der Waals surface area contributed by atoms with E-state index < -0.39 is 5.97 Å². The van der Waals surface area contributed by atoms with Gasteiger partial charge in [-0.15, -0.1) is 0 Å². The highest BCUT2D eigenvalue weighted by Crippen LogP contribution is 2.23. The van der Waals surface area contributed by atoms with E-state index in [0.29, 0.717) is 23.4 Å². The standard InChI is InChI=1S/C15H24N2O2/c1-9(2)13(10(3)4)8-17-11-5-6-14(16)12(7-11)15(18)19/h5-7,9-10,13,17H,8,16H2,1-4H3,(H,18,19). The molecular weight excluding hydrogens is 240 g/mol. The molecule has 4 nitrogen and oxygen atoms in total. The van der Waals surface area contributed by atoms with Gasteiger partial charge in [-0.05, 0) is 36.0 Å². The van der Waals surface area contributed by atoms with E-state index in [4.69, 9.17) is 10.8 Å². The lowest BCUT2D eigenvalue weighted by molar-refractivity contribution is 0.0698. The zero-order valence-corrected chi connectivity index (χ0v) is 12.1. The van der Waals surface area contributed by atoms with Crippen molar-refractivity contribution in [1.82, 2.24) is 0 Å². The second kappa shape index (κ2) is 6.45. The second-order valence-electron chi connectivity index (χ2n) is 5.64. The van der Waals surface area contributed by atoms with Crippen LogP contribution in [0.25, 0.3) is 0 Å². The van der Waals surface area contributed by atoms with Crippen molar-refractivity contribution in [2.45, 2.75) is 27.7 Å². The number of hydrogen-bond acceptors (Lipinski definition) is 3. The van der Waals surface area contributed by atoms with Crippen molar-refractivity contribution in [2.75, 3.05) is 17.6 Å². The number of carboxylic acid groups (broad SMARTS) is 1. The monoisotopic (exact) mass is 264 g/mol. The van der Waals surface area contributed by atoms with Gasteiger partial charge in [-0.25, -0.2) is 4.79 Å². The molecule has 0 radical (unpaired) electrons. The zero-order valence-electron chi connectivity index (χ0n) is 12.1. The number of nitrogens with two attached hydrogens (primary N) is 1. The van der Waals surface area contributed by atoms with Crippen LogP contribution in [0.1, 0.15) is 38.1 Å². The van der Waals surface area contributed by atoms with Crippen LogP contribution < -0.4 is 11.1 Å². The highest BCUT2D eigenvalue weighted by Gasteiger charge is 2.17. The van der Waals surface area contributed by atoms with E-state index in [2.05, 4.69) is 33.0 Å². The second-order valence-corrected chi connectivity index (χ2v) is 5.64. The molecule has 1 aromatic carbocycles. The van der Waals surface area contributed by atoms with Gasteiger partial charge in [0, 0.05) is 17.9 Å². The number of carboxylic acids is 1. The van der Waals surface area contributed by atoms with Crippen molar-refractivity contribution in [3.05, 3.63) is 23.8 Å². The van der Waals surface area contributed by atoms with Gasteiger partial charge in [-0.2, -0.15) is 0 Å². The highest BCUT2D eigenvalue weighted by molar-refractivity contribution is 5.94. The molecule has 0 amide bonds. The topological polar surface area (TPSA) is 75.3 Å². The number of nitrogen functional groups attached to an aromatic ring is 1. The third-order valence-corrected chi connectivity index (χ3v) is 3.54. The first-order valence-corrected chi connectivity index (χ1v) is 6.69. The van der Waals surface area contributed by atoms with Crippen LogP contribution in [0.5, 0.6) is 0 Å². The fourth-order valence-electron chi connectivity index (χ4n) is 2.33. The Morgan fingerprint density at radius 2 is 1.84 bits per heavy atom. The number of aromatic carboxylic acids is 1. The number of carbonyl (C=O) groups is 1. The van der Waals surface area contributed by atoms with Crippen LogP contribution in [-0.4, -0.2) is 17.6 Å². The molecular formula is C15H24N2O2. The molecule has 0 bridgehead atoms. The summed E-state index contributed by atoms with van der Waals surface area (Å²) in [5.74, 6) is 0.719. The molecule has 1 rings (SSSR count). The molecule has 19 heavy (non-hydrogen) atoms. The summed E-state index contributed by atoms with van der Waals surface area (Å²) >= 11 is 0. The normalized spacial score (nSPS) is 11.3.